The van der Waals surface area contributed by atoms with Crippen LogP contribution in [0.4, 0.5) is 5.69 Å². The lowest BCUT2D eigenvalue weighted by Crippen LogP contribution is -2.02. The van der Waals surface area contributed by atoms with E-state index in [4.69, 9.17) is 12.2 Å². The average Bonchev–Trinajstić information content (AvgIpc) is 2.30. The number of nitrogens with zero attached hydrogens (tertiary/aromatic N) is 1. The van der Waals surface area contributed by atoms with E-state index in [9.17, 15) is 0 Å². The Balaban J connectivity index is 2.67. The minimum absolute atomic E-state index is 0.709. The third-order valence-corrected chi connectivity index (χ3v) is 2.12. The number of thiocarbonyl (C=S) groups is 1. The lowest BCUT2D eigenvalue weighted by Gasteiger charge is -1.93. The Morgan fingerprint density at radius 3 is 2.73 bits per heavy atom. The molecule has 1 heterocycles. The van der Waals surface area contributed by atoms with Gasteiger partial charge in [0.15, 0.2) is 0 Å². The summed E-state index contributed by atoms with van der Waals surface area (Å²) in [4.78, 5) is 4.98. The van der Waals surface area contributed by atoms with Crippen LogP contribution in [-0.2, 0) is 0 Å². The lowest BCUT2D eigenvalue weighted by atomic mass is 10.1. The molecule has 1 radical (unpaired) electrons. The van der Waals surface area contributed by atoms with Crippen LogP contribution < -0.4 is 0 Å². The van der Waals surface area contributed by atoms with Gasteiger partial charge in [0, 0.05) is 5.56 Å². The first kappa shape index (κ1) is 6.68. The highest BCUT2D eigenvalue weighted by Gasteiger charge is 2.15. The van der Waals surface area contributed by atoms with Crippen molar-refractivity contribution in [3.05, 3.63) is 36.8 Å². The topological polar surface area (TPSA) is 12.4 Å². The van der Waals surface area contributed by atoms with Gasteiger partial charge >= 0.3 is 0 Å². The molecule has 0 bridgehead atoms. The second-order valence-corrected chi connectivity index (χ2v) is 2.81. The van der Waals surface area contributed by atoms with Crippen molar-refractivity contribution < 1.29 is 0 Å². The van der Waals surface area contributed by atoms with Crippen molar-refractivity contribution in [3.63, 3.8) is 0 Å². The molecule has 1 nitrogen and oxygen atoms in total. The fraction of sp³-hybridized carbons (Fsp3) is 0. The maximum absolute atomic E-state index is 5.10. The summed E-state index contributed by atoms with van der Waals surface area (Å²) in [7, 11) is 0. The standard InChI is InChI=1S/C9H6NS/c1-6-9(11)7-4-2-3-5-8(7)10-6/h2-5H,1H2. The molecule has 0 saturated carbocycles. The average molecular weight is 160 g/mol. The van der Waals surface area contributed by atoms with Crippen LogP contribution >= 0.6 is 12.2 Å². The number of rotatable bonds is 0. The van der Waals surface area contributed by atoms with Crippen molar-refractivity contribution in [2.24, 2.45) is 4.99 Å². The number of hydrogen-bond donors (Lipinski definition) is 0. The first-order chi connectivity index (χ1) is 5.29. The molecule has 1 aliphatic rings. The summed E-state index contributed by atoms with van der Waals surface area (Å²) in [6.45, 7) is 3.74. The van der Waals surface area contributed by atoms with E-state index in [2.05, 4.69) is 11.9 Å². The summed E-state index contributed by atoms with van der Waals surface area (Å²) in [5, 5.41) is 0. The van der Waals surface area contributed by atoms with Crippen LogP contribution in [0.5, 0.6) is 0 Å². The van der Waals surface area contributed by atoms with E-state index in [1.165, 1.54) is 0 Å². The second-order valence-electron chi connectivity index (χ2n) is 2.40. The Bertz CT molecular complexity index is 352. The predicted octanol–water partition coefficient (Wildman–Crippen LogP) is 2.32. The van der Waals surface area contributed by atoms with Crippen molar-refractivity contribution in [2.75, 3.05) is 0 Å². The van der Waals surface area contributed by atoms with Crippen molar-refractivity contribution in [3.8, 4) is 0 Å². The van der Waals surface area contributed by atoms with Gasteiger partial charge in [-0.05, 0) is 13.0 Å². The normalized spacial score (nSPS) is 14.6. The summed E-state index contributed by atoms with van der Waals surface area (Å²) in [5.74, 6) is 0. The molecule has 1 aliphatic heterocycles. The fourth-order valence-electron chi connectivity index (χ4n) is 1.11. The van der Waals surface area contributed by atoms with Gasteiger partial charge in [-0.15, -0.1) is 0 Å². The summed E-state index contributed by atoms with van der Waals surface area (Å²) in [5.41, 5.74) is 2.69. The molecule has 0 atom stereocenters. The zero-order valence-corrected chi connectivity index (χ0v) is 6.69. The molecule has 0 amide bonds. The largest absolute Gasteiger partial charge is 0.251 e. The van der Waals surface area contributed by atoms with E-state index in [1.807, 2.05) is 24.3 Å². The van der Waals surface area contributed by atoms with Crippen LogP contribution in [-0.4, -0.2) is 10.6 Å². The molecule has 0 aliphatic carbocycles. The van der Waals surface area contributed by atoms with Gasteiger partial charge in [0.2, 0.25) is 0 Å². The van der Waals surface area contributed by atoms with Crippen LogP contribution in [0.15, 0.2) is 29.3 Å². The van der Waals surface area contributed by atoms with Crippen LogP contribution in [0.25, 0.3) is 0 Å². The number of para-hydroxylation sites is 1. The maximum atomic E-state index is 5.10. The van der Waals surface area contributed by atoms with E-state index in [0.29, 0.717) is 5.71 Å². The molecular formula is C9H6NS. The second kappa shape index (κ2) is 2.24. The highest BCUT2D eigenvalue weighted by molar-refractivity contribution is 7.82. The Labute approximate surface area is 70.8 Å². The minimum atomic E-state index is 0.709. The van der Waals surface area contributed by atoms with E-state index in [0.717, 1.165) is 16.1 Å². The van der Waals surface area contributed by atoms with Gasteiger partial charge < -0.3 is 0 Å². The highest BCUT2D eigenvalue weighted by atomic mass is 32.1. The smallest absolute Gasteiger partial charge is 0.0721 e. The molecule has 0 N–H and O–H groups in total. The van der Waals surface area contributed by atoms with E-state index >= 15 is 0 Å². The maximum Gasteiger partial charge on any atom is 0.0721 e. The Hall–Kier alpha value is -1.02. The van der Waals surface area contributed by atoms with Crippen molar-refractivity contribution >= 4 is 28.5 Å². The summed E-state index contributed by atoms with van der Waals surface area (Å²) in [6, 6.07) is 7.82. The molecule has 1 aromatic rings. The zero-order valence-electron chi connectivity index (χ0n) is 5.87. The van der Waals surface area contributed by atoms with Crippen LogP contribution in [0.2, 0.25) is 0 Å². The van der Waals surface area contributed by atoms with Gasteiger partial charge in [-0.3, -0.25) is 4.99 Å². The highest BCUT2D eigenvalue weighted by Crippen LogP contribution is 2.25. The first-order valence-corrected chi connectivity index (χ1v) is 3.74. The molecule has 0 aromatic heterocycles. The summed E-state index contributed by atoms with van der Waals surface area (Å²) in [6.07, 6.45) is 0. The van der Waals surface area contributed by atoms with Gasteiger partial charge in [0.05, 0.1) is 16.3 Å². The molecule has 1 aromatic carbocycles. The van der Waals surface area contributed by atoms with Crippen LogP contribution in [0, 0.1) is 6.92 Å². The monoisotopic (exact) mass is 160 g/mol. The van der Waals surface area contributed by atoms with Crippen LogP contribution in [0.1, 0.15) is 5.56 Å². The van der Waals surface area contributed by atoms with Crippen molar-refractivity contribution in [2.45, 2.75) is 0 Å². The Morgan fingerprint density at radius 1 is 1.27 bits per heavy atom. The quantitative estimate of drug-likeness (QED) is 0.530. The number of benzene rings is 1. The van der Waals surface area contributed by atoms with Gasteiger partial charge in [-0.25, -0.2) is 0 Å². The predicted molar refractivity (Wildman–Crippen MR) is 50.6 cm³/mol. The van der Waals surface area contributed by atoms with E-state index in [1.54, 1.807) is 0 Å². The minimum Gasteiger partial charge on any atom is -0.251 e. The molecule has 0 unspecified atom stereocenters. The Kier molecular flexibility index (Phi) is 1.36. The van der Waals surface area contributed by atoms with Crippen molar-refractivity contribution in [1.82, 2.24) is 0 Å². The molecule has 2 heteroatoms. The zero-order chi connectivity index (χ0) is 7.84. The molecular weight excluding hydrogens is 154 g/mol. The SMILES string of the molecule is [CH2]C1=Nc2ccccc2C1=S. The molecule has 53 valence electrons. The first-order valence-electron chi connectivity index (χ1n) is 3.33. The van der Waals surface area contributed by atoms with E-state index < -0.39 is 0 Å². The van der Waals surface area contributed by atoms with Crippen molar-refractivity contribution in [1.29, 1.82) is 0 Å². The van der Waals surface area contributed by atoms with Gasteiger partial charge in [0.25, 0.3) is 0 Å². The fourth-order valence-corrected chi connectivity index (χ4v) is 1.33. The summed E-state index contributed by atoms with van der Waals surface area (Å²) < 4.78 is 0. The molecule has 11 heavy (non-hydrogen) atoms. The number of aliphatic imine (C=N–C) groups is 1. The molecule has 2 rings (SSSR count). The lowest BCUT2D eigenvalue weighted by molar-refractivity contribution is 1.55. The van der Waals surface area contributed by atoms with Gasteiger partial charge in [0.1, 0.15) is 0 Å². The Morgan fingerprint density at radius 2 is 2.00 bits per heavy atom. The third-order valence-electron chi connectivity index (χ3n) is 1.67. The van der Waals surface area contributed by atoms with Crippen LogP contribution in [0.3, 0.4) is 0 Å². The number of hydrogen-bond acceptors (Lipinski definition) is 2. The summed E-state index contributed by atoms with van der Waals surface area (Å²) >= 11 is 5.10. The molecule has 0 spiro atoms. The third kappa shape index (κ3) is 0.906. The molecule has 0 saturated heterocycles. The molecule has 0 fully saturated rings. The van der Waals surface area contributed by atoms with Gasteiger partial charge in [-0.2, -0.15) is 0 Å². The van der Waals surface area contributed by atoms with E-state index in [-0.39, 0.29) is 0 Å². The van der Waals surface area contributed by atoms with Gasteiger partial charge in [-0.1, -0.05) is 30.4 Å². The number of fused-ring (bicyclic) bond motifs is 1.